The van der Waals surface area contributed by atoms with E-state index in [2.05, 4.69) is 10.7 Å². The minimum atomic E-state index is -0.821. The SMILES string of the molecule is O=C(NN1C(=O)NC2(CCCCC2)C1=O)c1ccc2c(c1)CCCC2. The van der Waals surface area contributed by atoms with E-state index in [1.54, 1.807) is 6.07 Å². The Kier molecular flexibility index (Phi) is 3.98. The molecule has 0 atom stereocenters. The molecular weight excluding hydrogens is 318 g/mol. The number of hydrogen-bond acceptors (Lipinski definition) is 3. The lowest BCUT2D eigenvalue weighted by Crippen LogP contribution is -2.50. The lowest BCUT2D eigenvalue weighted by molar-refractivity contribution is -0.134. The summed E-state index contributed by atoms with van der Waals surface area (Å²) in [7, 11) is 0. The molecule has 2 N–H and O–H groups in total. The van der Waals surface area contributed by atoms with Gasteiger partial charge in [0.2, 0.25) is 0 Å². The van der Waals surface area contributed by atoms with E-state index in [1.165, 1.54) is 17.5 Å². The predicted molar refractivity (Wildman–Crippen MR) is 91.7 cm³/mol. The smallest absolute Gasteiger partial charge is 0.322 e. The number of rotatable bonds is 2. The fourth-order valence-corrected chi connectivity index (χ4v) is 4.26. The number of urea groups is 1. The molecule has 6 heteroatoms. The number of carbonyl (C=O) groups excluding carboxylic acids is 3. The Hall–Kier alpha value is -2.37. The van der Waals surface area contributed by atoms with Crippen LogP contribution in [0.5, 0.6) is 0 Å². The highest BCUT2D eigenvalue weighted by Crippen LogP contribution is 2.33. The molecule has 4 amide bonds. The molecule has 1 saturated carbocycles. The first-order valence-electron chi connectivity index (χ1n) is 9.19. The van der Waals surface area contributed by atoms with Gasteiger partial charge in [0.1, 0.15) is 5.54 Å². The molecule has 25 heavy (non-hydrogen) atoms. The third-order valence-corrected chi connectivity index (χ3v) is 5.69. The zero-order chi connectivity index (χ0) is 17.4. The Labute approximate surface area is 146 Å². The number of hydrazine groups is 1. The van der Waals surface area contributed by atoms with Crippen LogP contribution < -0.4 is 10.7 Å². The van der Waals surface area contributed by atoms with Crippen molar-refractivity contribution in [2.24, 2.45) is 0 Å². The number of amides is 4. The molecule has 132 valence electrons. The molecule has 1 heterocycles. The number of benzene rings is 1. The van der Waals surface area contributed by atoms with Gasteiger partial charge in [-0.15, -0.1) is 0 Å². The van der Waals surface area contributed by atoms with Crippen molar-refractivity contribution in [3.63, 3.8) is 0 Å². The molecule has 4 rings (SSSR count). The maximum Gasteiger partial charge on any atom is 0.344 e. The molecule has 1 saturated heterocycles. The molecule has 0 aromatic heterocycles. The molecule has 3 aliphatic rings. The van der Waals surface area contributed by atoms with Crippen LogP contribution in [0.3, 0.4) is 0 Å². The van der Waals surface area contributed by atoms with E-state index in [1.807, 2.05) is 12.1 Å². The van der Waals surface area contributed by atoms with Gasteiger partial charge in [-0.2, -0.15) is 5.01 Å². The van der Waals surface area contributed by atoms with Gasteiger partial charge < -0.3 is 5.32 Å². The second kappa shape index (κ2) is 6.17. The van der Waals surface area contributed by atoms with Crippen molar-refractivity contribution in [1.82, 2.24) is 15.8 Å². The number of aryl methyl sites for hydroxylation is 2. The molecule has 2 aliphatic carbocycles. The summed E-state index contributed by atoms with van der Waals surface area (Å²) in [6.07, 6.45) is 8.53. The van der Waals surface area contributed by atoms with Gasteiger partial charge in [-0.05, 0) is 61.8 Å². The normalized spacial score (nSPS) is 21.8. The second-order valence-electron chi connectivity index (χ2n) is 7.35. The summed E-state index contributed by atoms with van der Waals surface area (Å²) in [5, 5.41) is 3.67. The molecular formula is C19H23N3O3. The molecule has 1 spiro atoms. The van der Waals surface area contributed by atoms with Crippen LogP contribution in [0.25, 0.3) is 0 Å². The van der Waals surface area contributed by atoms with Crippen LogP contribution in [0.4, 0.5) is 4.79 Å². The number of imide groups is 1. The molecule has 1 aliphatic heterocycles. The fourth-order valence-electron chi connectivity index (χ4n) is 4.26. The van der Waals surface area contributed by atoms with Gasteiger partial charge in [0.15, 0.2) is 0 Å². The highest BCUT2D eigenvalue weighted by atomic mass is 16.2. The minimum Gasteiger partial charge on any atom is -0.322 e. The quantitative estimate of drug-likeness (QED) is 0.811. The third-order valence-electron chi connectivity index (χ3n) is 5.69. The van der Waals surface area contributed by atoms with Gasteiger partial charge in [-0.1, -0.05) is 25.3 Å². The third kappa shape index (κ3) is 2.79. The summed E-state index contributed by atoms with van der Waals surface area (Å²) >= 11 is 0. The summed E-state index contributed by atoms with van der Waals surface area (Å²) in [5.74, 6) is -0.742. The highest BCUT2D eigenvalue weighted by Gasteiger charge is 2.52. The Balaban J connectivity index is 1.51. The van der Waals surface area contributed by atoms with Gasteiger partial charge in [0.25, 0.3) is 11.8 Å². The van der Waals surface area contributed by atoms with E-state index in [4.69, 9.17) is 0 Å². The van der Waals surface area contributed by atoms with Crippen LogP contribution in [-0.4, -0.2) is 28.4 Å². The van der Waals surface area contributed by atoms with E-state index in [0.29, 0.717) is 18.4 Å². The van der Waals surface area contributed by atoms with Gasteiger partial charge in [0, 0.05) is 5.56 Å². The maximum absolute atomic E-state index is 12.7. The maximum atomic E-state index is 12.7. The first kappa shape index (κ1) is 16.1. The van der Waals surface area contributed by atoms with Crippen molar-refractivity contribution >= 4 is 17.8 Å². The number of carbonyl (C=O) groups is 3. The Bertz CT molecular complexity index is 737. The average Bonchev–Trinajstić information content (AvgIpc) is 2.86. The zero-order valence-electron chi connectivity index (χ0n) is 14.3. The number of nitrogens with one attached hydrogen (secondary N) is 2. The second-order valence-corrected chi connectivity index (χ2v) is 7.35. The monoisotopic (exact) mass is 341 g/mol. The number of nitrogens with zero attached hydrogens (tertiary/aromatic N) is 1. The van der Waals surface area contributed by atoms with E-state index >= 15 is 0 Å². The minimum absolute atomic E-state index is 0.330. The van der Waals surface area contributed by atoms with E-state index in [9.17, 15) is 14.4 Å². The molecule has 0 unspecified atom stereocenters. The number of hydrogen-bond donors (Lipinski definition) is 2. The van der Waals surface area contributed by atoms with Crippen LogP contribution in [0.15, 0.2) is 18.2 Å². The molecule has 2 fully saturated rings. The van der Waals surface area contributed by atoms with Crippen molar-refractivity contribution in [3.8, 4) is 0 Å². The Morgan fingerprint density at radius 2 is 1.72 bits per heavy atom. The fraction of sp³-hybridized carbons (Fsp3) is 0.526. The van der Waals surface area contributed by atoms with Gasteiger partial charge in [-0.3, -0.25) is 15.0 Å². The summed E-state index contributed by atoms with van der Waals surface area (Å²) < 4.78 is 0. The molecule has 0 bridgehead atoms. The van der Waals surface area contributed by atoms with E-state index in [0.717, 1.165) is 43.5 Å². The standard InChI is InChI=1S/C19H23N3O3/c23-16(15-9-8-13-6-2-3-7-14(13)12-15)21-22-17(24)19(20-18(22)25)10-4-1-5-11-19/h8-9,12H,1-7,10-11H2,(H,20,25)(H,21,23). The topological polar surface area (TPSA) is 78.5 Å². The summed E-state index contributed by atoms with van der Waals surface area (Å²) in [5.41, 5.74) is 4.66. The Morgan fingerprint density at radius 1 is 1.00 bits per heavy atom. The van der Waals surface area contributed by atoms with Crippen molar-refractivity contribution in [3.05, 3.63) is 34.9 Å². The summed E-state index contributed by atoms with van der Waals surface area (Å²) in [6, 6.07) is 5.11. The molecule has 1 aromatic rings. The lowest BCUT2D eigenvalue weighted by Gasteiger charge is -2.30. The van der Waals surface area contributed by atoms with Crippen LogP contribution in [0.2, 0.25) is 0 Å². The Morgan fingerprint density at radius 3 is 2.48 bits per heavy atom. The summed E-state index contributed by atoms with van der Waals surface area (Å²) in [6.45, 7) is 0. The number of fused-ring (bicyclic) bond motifs is 1. The van der Waals surface area contributed by atoms with E-state index in [-0.39, 0.29) is 5.91 Å². The molecule has 1 aromatic carbocycles. The van der Waals surface area contributed by atoms with Crippen molar-refractivity contribution in [1.29, 1.82) is 0 Å². The van der Waals surface area contributed by atoms with Crippen molar-refractivity contribution in [2.75, 3.05) is 0 Å². The molecule has 0 radical (unpaired) electrons. The van der Waals surface area contributed by atoms with E-state index < -0.39 is 17.5 Å². The van der Waals surface area contributed by atoms with Crippen molar-refractivity contribution in [2.45, 2.75) is 63.3 Å². The van der Waals surface area contributed by atoms with Crippen molar-refractivity contribution < 1.29 is 14.4 Å². The van der Waals surface area contributed by atoms with Crippen LogP contribution in [-0.2, 0) is 17.6 Å². The van der Waals surface area contributed by atoms with Gasteiger partial charge in [-0.25, -0.2) is 4.79 Å². The summed E-state index contributed by atoms with van der Waals surface area (Å²) in [4.78, 5) is 37.5. The molecule has 6 nitrogen and oxygen atoms in total. The first-order valence-corrected chi connectivity index (χ1v) is 9.19. The zero-order valence-corrected chi connectivity index (χ0v) is 14.3. The van der Waals surface area contributed by atoms with Crippen LogP contribution in [0.1, 0.15) is 66.4 Å². The average molecular weight is 341 g/mol. The van der Waals surface area contributed by atoms with Crippen LogP contribution >= 0.6 is 0 Å². The highest BCUT2D eigenvalue weighted by molar-refractivity contribution is 6.09. The van der Waals surface area contributed by atoms with Gasteiger partial charge in [0.05, 0.1) is 0 Å². The van der Waals surface area contributed by atoms with Gasteiger partial charge >= 0.3 is 6.03 Å². The van der Waals surface area contributed by atoms with Crippen LogP contribution in [0, 0.1) is 0 Å². The first-order chi connectivity index (χ1) is 12.1. The predicted octanol–water partition coefficient (Wildman–Crippen LogP) is 2.46. The largest absolute Gasteiger partial charge is 0.344 e. The lowest BCUT2D eigenvalue weighted by atomic mass is 9.82.